The fourth-order valence-electron chi connectivity index (χ4n) is 2.76. The number of nitro benzene ring substituents is 1. The van der Waals surface area contributed by atoms with E-state index in [0.717, 1.165) is 31.9 Å². The van der Waals surface area contributed by atoms with Crippen LogP contribution in [-0.4, -0.2) is 68.7 Å². The number of nitrogens with zero attached hydrogens (tertiary/aromatic N) is 3. The lowest BCUT2D eigenvalue weighted by molar-refractivity contribution is -0.385. The summed E-state index contributed by atoms with van der Waals surface area (Å²) in [7, 11) is 1.60. The summed E-state index contributed by atoms with van der Waals surface area (Å²) >= 11 is 0. The van der Waals surface area contributed by atoms with Crippen LogP contribution in [0.4, 0.5) is 11.4 Å². The summed E-state index contributed by atoms with van der Waals surface area (Å²) in [5.41, 5.74) is 1.80. The van der Waals surface area contributed by atoms with Gasteiger partial charge in [0.25, 0.3) is 5.69 Å². The van der Waals surface area contributed by atoms with Crippen LogP contribution in [-0.2, 0) is 9.53 Å². The third kappa shape index (κ3) is 4.90. The Morgan fingerprint density at radius 3 is 2.62 bits per heavy atom. The molecule has 0 spiro atoms. The Morgan fingerprint density at radius 2 is 2.04 bits per heavy atom. The van der Waals surface area contributed by atoms with E-state index in [1.165, 1.54) is 0 Å². The molecule has 0 saturated carbocycles. The molecular weight excluding hydrogens is 312 g/mol. The van der Waals surface area contributed by atoms with E-state index in [4.69, 9.17) is 4.74 Å². The number of carbonyl (C=O) groups is 1. The lowest BCUT2D eigenvalue weighted by Gasteiger charge is -2.35. The summed E-state index contributed by atoms with van der Waals surface area (Å²) in [5.74, 6) is 0.00619. The number of methoxy groups -OCH3 is 1. The average molecular weight is 336 g/mol. The van der Waals surface area contributed by atoms with Crippen molar-refractivity contribution in [3.8, 4) is 0 Å². The Labute approximate surface area is 141 Å². The van der Waals surface area contributed by atoms with E-state index in [1.807, 2.05) is 6.07 Å². The normalized spacial score (nSPS) is 15.3. The first-order chi connectivity index (χ1) is 11.5. The molecule has 0 atom stereocenters. The van der Waals surface area contributed by atoms with E-state index >= 15 is 0 Å². The maximum Gasteiger partial charge on any atom is 0.272 e. The van der Waals surface area contributed by atoms with Crippen molar-refractivity contribution in [2.75, 3.05) is 57.9 Å². The molecule has 1 heterocycles. The van der Waals surface area contributed by atoms with Crippen LogP contribution in [0.2, 0.25) is 0 Å². The Bertz CT molecular complexity index is 585. The molecule has 0 radical (unpaired) electrons. The van der Waals surface area contributed by atoms with Gasteiger partial charge in [-0.3, -0.25) is 19.8 Å². The SMILES string of the molecule is COCCNC(=O)CN1CCN(c2ccc([N+](=O)[O-])c(C)c2)CC1. The van der Waals surface area contributed by atoms with Crippen LogP contribution < -0.4 is 10.2 Å². The number of piperazine rings is 1. The number of aryl methyl sites for hydroxylation is 1. The monoisotopic (exact) mass is 336 g/mol. The third-order valence-electron chi connectivity index (χ3n) is 4.11. The van der Waals surface area contributed by atoms with Crippen LogP contribution in [0.15, 0.2) is 18.2 Å². The molecule has 2 rings (SSSR count). The molecule has 1 aromatic rings. The van der Waals surface area contributed by atoms with Crippen molar-refractivity contribution in [2.45, 2.75) is 6.92 Å². The minimum absolute atomic E-state index is 0.00619. The molecule has 0 aliphatic carbocycles. The lowest BCUT2D eigenvalue weighted by atomic mass is 10.1. The van der Waals surface area contributed by atoms with Gasteiger partial charge in [0.2, 0.25) is 5.91 Å². The minimum atomic E-state index is -0.362. The maximum atomic E-state index is 11.8. The van der Waals surface area contributed by atoms with Gasteiger partial charge in [-0.2, -0.15) is 0 Å². The van der Waals surface area contributed by atoms with Gasteiger partial charge in [0.15, 0.2) is 0 Å². The number of rotatable bonds is 7. The molecule has 1 fully saturated rings. The van der Waals surface area contributed by atoms with Crippen molar-refractivity contribution < 1.29 is 14.5 Å². The van der Waals surface area contributed by atoms with Crippen LogP contribution in [0.3, 0.4) is 0 Å². The van der Waals surface area contributed by atoms with Crippen molar-refractivity contribution in [1.82, 2.24) is 10.2 Å². The fourth-order valence-corrected chi connectivity index (χ4v) is 2.76. The largest absolute Gasteiger partial charge is 0.383 e. The van der Waals surface area contributed by atoms with Gasteiger partial charge in [0.1, 0.15) is 0 Å². The zero-order chi connectivity index (χ0) is 17.5. The fraction of sp³-hybridized carbons (Fsp3) is 0.562. The predicted molar refractivity (Wildman–Crippen MR) is 91.4 cm³/mol. The summed E-state index contributed by atoms with van der Waals surface area (Å²) in [6, 6.07) is 5.20. The standard InChI is InChI=1S/C16H24N4O4/c1-13-11-14(3-4-15(13)20(22)23)19-8-6-18(7-9-19)12-16(21)17-5-10-24-2/h3-4,11H,5-10,12H2,1-2H3,(H,17,21). The third-order valence-corrected chi connectivity index (χ3v) is 4.11. The first kappa shape index (κ1) is 18.2. The van der Waals surface area contributed by atoms with Crippen molar-refractivity contribution in [1.29, 1.82) is 0 Å². The molecule has 8 heteroatoms. The van der Waals surface area contributed by atoms with E-state index in [9.17, 15) is 14.9 Å². The van der Waals surface area contributed by atoms with E-state index in [0.29, 0.717) is 25.3 Å². The summed E-state index contributed by atoms with van der Waals surface area (Å²) in [6.07, 6.45) is 0. The number of nitrogens with one attached hydrogen (secondary N) is 1. The molecule has 8 nitrogen and oxygen atoms in total. The zero-order valence-corrected chi connectivity index (χ0v) is 14.2. The van der Waals surface area contributed by atoms with E-state index < -0.39 is 0 Å². The molecule has 24 heavy (non-hydrogen) atoms. The van der Waals surface area contributed by atoms with E-state index in [1.54, 1.807) is 26.2 Å². The van der Waals surface area contributed by atoms with E-state index in [-0.39, 0.29) is 16.5 Å². The highest BCUT2D eigenvalue weighted by molar-refractivity contribution is 5.78. The number of ether oxygens (including phenoxy) is 1. The van der Waals surface area contributed by atoms with Crippen LogP contribution in [0.1, 0.15) is 5.56 Å². The molecule has 0 unspecified atom stereocenters. The summed E-state index contributed by atoms with van der Waals surface area (Å²) in [4.78, 5) is 26.6. The average Bonchev–Trinajstić information content (AvgIpc) is 2.55. The highest BCUT2D eigenvalue weighted by atomic mass is 16.6. The molecule has 1 aliphatic heterocycles. The number of nitro groups is 1. The highest BCUT2D eigenvalue weighted by Gasteiger charge is 2.20. The molecule has 1 aliphatic rings. The first-order valence-corrected chi connectivity index (χ1v) is 7.99. The van der Waals surface area contributed by atoms with Crippen molar-refractivity contribution in [3.63, 3.8) is 0 Å². The molecule has 1 N–H and O–H groups in total. The summed E-state index contributed by atoms with van der Waals surface area (Å²) < 4.78 is 4.90. The molecule has 1 saturated heterocycles. The first-order valence-electron chi connectivity index (χ1n) is 7.99. The minimum Gasteiger partial charge on any atom is -0.383 e. The second kappa shape index (κ2) is 8.60. The van der Waals surface area contributed by atoms with Gasteiger partial charge in [0.05, 0.1) is 18.1 Å². The van der Waals surface area contributed by atoms with Gasteiger partial charge >= 0.3 is 0 Å². The van der Waals surface area contributed by atoms with Gasteiger partial charge < -0.3 is 15.0 Å². The van der Waals surface area contributed by atoms with Gasteiger partial charge in [-0.15, -0.1) is 0 Å². The second-order valence-electron chi connectivity index (χ2n) is 5.83. The van der Waals surface area contributed by atoms with Crippen molar-refractivity contribution in [3.05, 3.63) is 33.9 Å². The van der Waals surface area contributed by atoms with Crippen molar-refractivity contribution >= 4 is 17.3 Å². The molecule has 0 bridgehead atoms. The van der Waals surface area contributed by atoms with Gasteiger partial charge in [-0.05, 0) is 19.1 Å². The predicted octanol–water partition coefficient (Wildman–Crippen LogP) is 0.788. The van der Waals surface area contributed by atoms with Crippen LogP contribution in [0.25, 0.3) is 0 Å². The number of hydrogen-bond acceptors (Lipinski definition) is 6. The Balaban J connectivity index is 1.83. The Hall–Kier alpha value is -2.19. The van der Waals surface area contributed by atoms with Crippen LogP contribution in [0, 0.1) is 17.0 Å². The Morgan fingerprint density at radius 1 is 1.33 bits per heavy atom. The van der Waals surface area contributed by atoms with Crippen LogP contribution in [0.5, 0.6) is 0 Å². The molecule has 1 amide bonds. The smallest absolute Gasteiger partial charge is 0.272 e. The quantitative estimate of drug-likeness (QED) is 0.450. The second-order valence-corrected chi connectivity index (χ2v) is 5.83. The molecule has 0 aromatic heterocycles. The van der Waals surface area contributed by atoms with E-state index in [2.05, 4.69) is 15.1 Å². The van der Waals surface area contributed by atoms with Crippen LogP contribution >= 0.6 is 0 Å². The molecule has 132 valence electrons. The number of hydrogen-bond donors (Lipinski definition) is 1. The van der Waals surface area contributed by atoms with Gasteiger partial charge in [-0.25, -0.2) is 0 Å². The van der Waals surface area contributed by atoms with Gasteiger partial charge in [0, 0.05) is 57.2 Å². The summed E-state index contributed by atoms with van der Waals surface area (Å²) in [6.45, 7) is 6.34. The topological polar surface area (TPSA) is 88.0 Å². The van der Waals surface area contributed by atoms with Gasteiger partial charge in [-0.1, -0.05) is 0 Å². The zero-order valence-electron chi connectivity index (χ0n) is 14.2. The number of benzene rings is 1. The number of amides is 1. The lowest BCUT2D eigenvalue weighted by Crippen LogP contribution is -2.49. The molecule has 1 aromatic carbocycles. The maximum absolute atomic E-state index is 11.8. The summed E-state index contributed by atoms with van der Waals surface area (Å²) in [5, 5.41) is 13.7. The molecular formula is C16H24N4O4. The Kier molecular flexibility index (Phi) is 6.51. The van der Waals surface area contributed by atoms with Crippen molar-refractivity contribution in [2.24, 2.45) is 0 Å². The number of anilines is 1. The number of carbonyl (C=O) groups excluding carboxylic acids is 1. The highest BCUT2D eigenvalue weighted by Crippen LogP contribution is 2.24.